The van der Waals surface area contributed by atoms with Gasteiger partial charge in [-0.3, -0.25) is 4.79 Å². The number of hydrogen-bond donors (Lipinski definition) is 0. The van der Waals surface area contributed by atoms with Crippen molar-refractivity contribution in [3.8, 4) is 23.0 Å². The van der Waals surface area contributed by atoms with Gasteiger partial charge in [0.1, 0.15) is 0 Å². The highest BCUT2D eigenvalue weighted by Crippen LogP contribution is 2.34. The first-order valence-electron chi connectivity index (χ1n) is 8.86. The van der Waals surface area contributed by atoms with E-state index in [9.17, 15) is 4.79 Å². The summed E-state index contributed by atoms with van der Waals surface area (Å²) in [6.07, 6.45) is 0.810. The van der Waals surface area contributed by atoms with Crippen LogP contribution in [-0.2, 0) is 0 Å². The molecule has 5 rings (SSSR count). The zero-order valence-electron chi connectivity index (χ0n) is 14.5. The number of nitrogens with zero attached hydrogens (tertiary/aromatic N) is 3. The summed E-state index contributed by atoms with van der Waals surface area (Å²) in [5, 5.41) is 4.13. The zero-order chi connectivity index (χ0) is 18.2. The molecule has 0 radical (unpaired) electrons. The Kier molecular flexibility index (Phi) is 3.78. The number of carbonyl (C=O) groups is 1. The summed E-state index contributed by atoms with van der Waals surface area (Å²) in [5.74, 6) is 2.49. The van der Waals surface area contributed by atoms with Crippen molar-refractivity contribution in [2.45, 2.75) is 12.3 Å². The van der Waals surface area contributed by atoms with Crippen molar-refractivity contribution in [2.75, 3.05) is 19.9 Å². The molecule has 2 aliphatic rings. The first-order chi connectivity index (χ1) is 13.3. The maximum absolute atomic E-state index is 12.8. The summed E-state index contributed by atoms with van der Waals surface area (Å²) >= 11 is 0. The summed E-state index contributed by atoms with van der Waals surface area (Å²) < 4.78 is 16.1. The molecule has 1 unspecified atom stereocenters. The Balaban J connectivity index is 1.30. The van der Waals surface area contributed by atoms with Crippen LogP contribution in [0.3, 0.4) is 0 Å². The second-order valence-electron chi connectivity index (χ2n) is 6.63. The molecular weight excluding hydrogens is 346 g/mol. The molecule has 0 bridgehead atoms. The average molecular weight is 363 g/mol. The van der Waals surface area contributed by atoms with Crippen LogP contribution in [0.2, 0.25) is 0 Å². The quantitative estimate of drug-likeness (QED) is 0.712. The molecule has 1 saturated heterocycles. The highest BCUT2D eigenvalue weighted by Gasteiger charge is 2.31. The Labute approximate surface area is 155 Å². The second kappa shape index (κ2) is 6.42. The fourth-order valence-corrected chi connectivity index (χ4v) is 3.47. The van der Waals surface area contributed by atoms with E-state index in [1.807, 2.05) is 35.2 Å². The topological polar surface area (TPSA) is 77.7 Å². The van der Waals surface area contributed by atoms with E-state index in [-0.39, 0.29) is 18.6 Å². The number of amides is 1. The molecule has 2 aromatic carbocycles. The molecule has 0 saturated carbocycles. The third-order valence-electron chi connectivity index (χ3n) is 4.92. The van der Waals surface area contributed by atoms with Crippen molar-refractivity contribution in [1.29, 1.82) is 0 Å². The molecule has 1 fully saturated rings. The van der Waals surface area contributed by atoms with Gasteiger partial charge in [0.2, 0.25) is 6.79 Å². The van der Waals surface area contributed by atoms with Crippen molar-refractivity contribution < 1.29 is 18.8 Å². The minimum atomic E-state index is -0.0254. The highest BCUT2D eigenvalue weighted by molar-refractivity contribution is 5.95. The molecule has 1 aromatic heterocycles. The van der Waals surface area contributed by atoms with E-state index in [2.05, 4.69) is 10.1 Å². The van der Waals surface area contributed by atoms with Crippen LogP contribution in [0.1, 0.15) is 28.5 Å². The second-order valence-corrected chi connectivity index (χ2v) is 6.63. The van der Waals surface area contributed by atoms with Gasteiger partial charge in [-0.1, -0.05) is 23.4 Å². The summed E-state index contributed by atoms with van der Waals surface area (Å²) in [6, 6.07) is 14.9. The van der Waals surface area contributed by atoms with Crippen LogP contribution in [-0.4, -0.2) is 40.8 Å². The predicted molar refractivity (Wildman–Crippen MR) is 95.6 cm³/mol. The maximum atomic E-state index is 12.8. The predicted octanol–water partition coefficient (Wildman–Crippen LogP) is 3.10. The smallest absolute Gasteiger partial charge is 0.257 e. The van der Waals surface area contributed by atoms with Crippen LogP contribution in [0.25, 0.3) is 11.5 Å². The molecule has 3 heterocycles. The lowest BCUT2D eigenvalue weighted by Crippen LogP contribution is -2.28. The van der Waals surface area contributed by atoms with Crippen LogP contribution < -0.4 is 9.47 Å². The third-order valence-corrected chi connectivity index (χ3v) is 4.92. The molecular formula is C20H17N3O4. The van der Waals surface area contributed by atoms with Crippen molar-refractivity contribution in [3.63, 3.8) is 0 Å². The van der Waals surface area contributed by atoms with Crippen LogP contribution in [0.5, 0.6) is 11.5 Å². The normalized spacial score (nSPS) is 18.1. The Hall–Kier alpha value is -3.35. The van der Waals surface area contributed by atoms with Gasteiger partial charge in [0.05, 0.1) is 0 Å². The Morgan fingerprint density at radius 1 is 1.07 bits per heavy atom. The van der Waals surface area contributed by atoms with Crippen molar-refractivity contribution >= 4 is 5.91 Å². The average Bonchev–Trinajstić information content (AvgIpc) is 3.47. The molecule has 1 amide bonds. The fraction of sp³-hybridized carbons (Fsp3) is 0.250. The molecule has 3 aromatic rings. The number of hydrogen-bond acceptors (Lipinski definition) is 6. The third kappa shape index (κ3) is 2.91. The van der Waals surface area contributed by atoms with E-state index in [4.69, 9.17) is 14.0 Å². The van der Waals surface area contributed by atoms with Crippen LogP contribution in [0.15, 0.2) is 53.1 Å². The molecule has 1 atom stereocenters. The maximum Gasteiger partial charge on any atom is 0.257 e. The number of likely N-dealkylation sites (tertiary alicyclic amines) is 1. The van der Waals surface area contributed by atoms with E-state index in [1.54, 1.807) is 18.2 Å². The molecule has 27 heavy (non-hydrogen) atoms. The number of carbonyl (C=O) groups excluding carboxylic acids is 1. The summed E-state index contributed by atoms with van der Waals surface area (Å²) in [7, 11) is 0. The Morgan fingerprint density at radius 2 is 1.93 bits per heavy atom. The van der Waals surface area contributed by atoms with Gasteiger partial charge in [-0.25, -0.2) is 0 Å². The molecule has 2 aliphatic heterocycles. The van der Waals surface area contributed by atoms with Gasteiger partial charge >= 0.3 is 0 Å². The van der Waals surface area contributed by atoms with E-state index >= 15 is 0 Å². The van der Waals surface area contributed by atoms with E-state index in [0.29, 0.717) is 41.9 Å². The minimum Gasteiger partial charge on any atom is -0.454 e. The number of benzene rings is 2. The van der Waals surface area contributed by atoms with E-state index in [1.165, 1.54) is 0 Å². The van der Waals surface area contributed by atoms with E-state index in [0.717, 1.165) is 12.0 Å². The van der Waals surface area contributed by atoms with Gasteiger partial charge in [0.15, 0.2) is 17.3 Å². The number of aromatic nitrogens is 2. The first-order valence-corrected chi connectivity index (χ1v) is 8.86. The number of rotatable bonds is 3. The van der Waals surface area contributed by atoms with Gasteiger partial charge in [0.25, 0.3) is 11.8 Å². The molecule has 7 heteroatoms. The van der Waals surface area contributed by atoms with Crippen LogP contribution in [0, 0.1) is 0 Å². The van der Waals surface area contributed by atoms with E-state index < -0.39 is 0 Å². The lowest BCUT2D eigenvalue weighted by atomic mass is 10.1. The van der Waals surface area contributed by atoms with Crippen molar-refractivity contribution in [2.24, 2.45) is 0 Å². The molecule has 136 valence electrons. The van der Waals surface area contributed by atoms with Crippen LogP contribution >= 0.6 is 0 Å². The van der Waals surface area contributed by atoms with Gasteiger partial charge in [-0.2, -0.15) is 4.98 Å². The summed E-state index contributed by atoms with van der Waals surface area (Å²) in [6.45, 7) is 1.43. The fourth-order valence-electron chi connectivity index (χ4n) is 3.47. The van der Waals surface area contributed by atoms with Gasteiger partial charge in [-0.05, 0) is 36.8 Å². The van der Waals surface area contributed by atoms with Gasteiger partial charge in [0, 0.05) is 30.1 Å². The number of ether oxygens (including phenoxy) is 2. The zero-order valence-corrected chi connectivity index (χ0v) is 14.5. The largest absolute Gasteiger partial charge is 0.454 e. The Morgan fingerprint density at radius 3 is 2.81 bits per heavy atom. The summed E-state index contributed by atoms with van der Waals surface area (Å²) in [4.78, 5) is 19.2. The minimum absolute atomic E-state index is 0.0254. The monoisotopic (exact) mass is 363 g/mol. The standard InChI is InChI=1S/C20H17N3O4/c24-20(14-6-7-16-17(10-14)26-12-25-16)23-9-8-15(11-23)18-21-19(27-22-18)13-4-2-1-3-5-13/h1-7,10,15H,8-9,11-12H2. The van der Waals surface area contributed by atoms with Crippen molar-refractivity contribution in [1.82, 2.24) is 15.0 Å². The summed E-state index contributed by atoms with van der Waals surface area (Å²) in [5.41, 5.74) is 1.49. The molecule has 0 N–H and O–H groups in total. The lowest BCUT2D eigenvalue weighted by Gasteiger charge is -2.16. The molecule has 7 nitrogen and oxygen atoms in total. The SMILES string of the molecule is O=C(c1ccc2c(c1)OCO2)N1CCC(c2noc(-c3ccccc3)n2)C1. The Bertz CT molecular complexity index is 986. The van der Waals surface area contributed by atoms with Crippen LogP contribution in [0.4, 0.5) is 0 Å². The van der Waals surface area contributed by atoms with Gasteiger partial charge < -0.3 is 18.9 Å². The van der Waals surface area contributed by atoms with Gasteiger partial charge in [-0.15, -0.1) is 0 Å². The molecule has 0 aliphatic carbocycles. The first kappa shape index (κ1) is 15.9. The van der Waals surface area contributed by atoms with Crippen molar-refractivity contribution in [3.05, 3.63) is 59.9 Å². The lowest BCUT2D eigenvalue weighted by molar-refractivity contribution is 0.0790. The highest BCUT2D eigenvalue weighted by atomic mass is 16.7. The number of fused-ring (bicyclic) bond motifs is 1. The molecule has 0 spiro atoms.